The van der Waals surface area contributed by atoms with Crippen LogP contribution in [0.3, 0.4) is 0 Å². The first-order valence-corrected chi connectivity index (χ1v) is 36.2. The molecule has 0 aromatic rings. The third-order valence-corrected chi connectivity index (χ3v) is 16.5. The van der Waals surface area contributed by atoms with E-state index in [0.717, 1.165) is 115 Å². The van der Waals surface area contributed by atoms with Crippen LogP contribution in [-0.2, 0) is 65.4 Å². The summed E-state index contributed by atoms with van der Waals surface area (Å²) in [7, 11) is -9.89. The Morgan fingerprint density at radius 2 is 0.506 bits per heavy atom. The van der Waals surface area contributed by atoms with Crippen LogP contribution in [0.15, 0.2) is 0 Å². The van der Waals surface area contributed by atoms with E-state index in [1.807, 2.05) is 0 Å². The Hall–Kier alpha value is -1.94. The predicted molar refractivity (Wildman–Crippen MR) is 331 cm³/mol. The van der Waals surface area contributed by atoms with E-state index in [4.69, 9.17) is 37.0 Å². The number of hydrogen-bond donors (Lipinski definition) is 3. The zero-order valence-electron chi connectivity index (χ0n) is 53.8. The van der Waals surface area contributed by atoms with E-state index in [9.17, 15) is 43.2 Å². The Labute approximate surface area is 505 Å². The molecular weight excluding hydrogens is 1100 g/mol. The van der Waals surface area contributed by atoms with Gasteiger partial charge in [-0.15, -0.1) is 0 Å². The van der Waals surface area contributed by atoms with Gasteiger partial charge in [-0.25, -0.2) is 9.13 Å². The fourth-order valence-corrected chi connectivity index (χ4v) is 11.0. The lowest BCUT2D eigenvalue weighted by Gasteiger charge is -2.21. The largest absolute Gasteiger partial charge is 0.472 e. The molecule has 0 aliphatic rings. The Bertz CT molecular complexity index is 1660. The molecule has 0 radical (unpaired) electrons. The summed E-state index contributed by atoms with van der Waals surface area (Å²) in [6.07, 6.45) is 33.7. The molecule has 5 atom stereocenters. The van der Waals surface area contributed by atoms with Gasteiger partial charge in [0.2, 0.25) is 0 Å². The van der Waals surface area contributed by atoms with Crippen LogP contribution < -0.4 is 0 Å². The minimum Gasteiger partial charge on any atom is -0.462 e. The van der Waals surface area contributed by atoms with Crippen molar-refractivity contribution in [2.75, 3.05) is 39.6 Å². The van der Waals surface area contributed by atoms with E-state index in [2.05, 4.69) is 55.4 Å². The lowest BCUT2D eigenvalue weighted by molar-refractivity contribution is -0.161. The summed E-state index contributed by atoms with van der Waals surface area (Å²) in [5.41, 5.74) is 0. The van der Waals surface area contributed by atoms with Crippen molar-refractivity contribution in [2.45, 2.75) is 324 Å². The van der Waals surface area contributed by atoms with E-state index in [1.54, 1.807) is 0 Å². The van der Waals surface area contributed by atoms with Gasteiger partial charge in [-0.1, -0.05) is 254 Å². The van der Waals surface area contributed by atoms with Gasteiger partial charge in [-0.05, 0) is 49.4 Å². The number of aliphatic hydroxyl groups is 1. The molecular formula is C64H124O17P2. The van der Waals surface area contributed by atoms with Crippen LogP contribution in [0.2, 0.25) is 0 Å². The van der Waals surface area contributed by atoms with Gasteiger partial charge in [0.15, 0.2) is 12.2 Å². The van der Waals surface area contributed by atoms with Gasteiger partial charge in [0.1, 0.15) is 19.3 Å². The first-order chi connectivity index (χ1) is 39.6. The molecule has 0 bridgehead atoms. The molecule has 3 N–H and O–H groups in total. The number of hydrogen-bond acceptors (Lipinski definition) is 15. The van der Waals surface area contributed by atoms with Gasteiger partial charge >= 0.3 is 39.5 Å². The molecule has 0 spiro atoms. The first-order valence-electron chi connectivity index (χ1n) is 33.2. The fourth-order valence-electron chi connectivity index (χ4n) is 9.43. The zero-order valence-corrected chi connectivity index (χ0v) is 55.6. The highest BCUT2D eigenvalue weighted by atomic mass is 31.2. The number of esters is 4. The summed E-state index contributed by atoms with van der Waals surface area (Å²) >= 11 is 0. The number of unbranched alkanes of at least 4 members (excludes halogenated alkanes) is 27. The molecule has 0 saturated carbocycles. The summed E-state index contributed by atoms with van der Waals surface area (Å²) in [6.45, 7) is 13.9. The maximum Gasteiger partial charge on any atom is 0.472 e. The number of aliphatic hydroxyl groups excluding tert-OH is 1. The van der Waals surface area contributed by atoms with Crippen molar-refractivity contribution in [1.82, 2.24) is 0 Å². The molecule has 0 heterocycles. The van der Waals surface area contributed by atoms with Crippen molar-refractivity contribution in [3.8, 4) is 0 Å². The van der Waals surface area contributed by atoms with Crippen molar-refractivity contribution < 1.29 is 80.2 Å². The predicted octanol–water partition coefficient (Wildman–Crippen LogP) is 17.4. The Kier molecular flexibility index (Phi) is 53.0. The Balaban J connectivity index is 5.26. The van der Waals surface area contributed by atoms with Crippen molar-refractivity contribution in [3.05, 3.63) is 0 Å². The molecule has 0 fully saturated rings. The minimum atomic E-state index is -4.94. The number of carbonyl (C=O) groups is 4. The van der Waals surface area contributed by atoms with Gasteiger partial charge in [-0.2, -0.15) is 0 Å². The highest BCUT2D eigenvalue weighted by Gasteiger charge is 2.30. The molecule has 17 nitrogen and oxygen atoms in total. The topological polar surface area (TPSA) is 237 Å². The molecule has 0 saturated heterocycles. The summed E-state index contributed by atoms with van der Waals surface area (Å²) in [5, 5.41) is 10.5. The highest BCUT2D eigenvalue weighted by Crippen LogP contribution is 2.45. The SMILES string of the molecule is CC(C)CCCCCCCCCCCC(=O)O[C@H](COC(=O)CCCCCCCCCC(C)C)COP(=O)(O)OCC(O)COP(=O)(O)OC[C@@H](COC(=O)CCCCCCCCCC(C)C)OC(=O)CCCCCCCCCCC(C)C. The van der Waals surface area contributed by atoms with E-state index >= 15 is 0 Å². The van der Waals surface area contributed by atoms with E-state index < -0.39 is 97.5 Å². The average molecular weight is 1230 g/mol. The second-order valence-electron chi connectivity index (χ2n) is 25.1. The molecule has 0 aromatic heterocycles. The molecule has 3 unspecified atom stereocenters. The van der Waals surface area contributed by atoms with Gasteiger partial charge in [0, 0.05) is 25.7 Å². The normalized spacial score (nSPS) is 14.4. The smallest absolute Gasteiger partial charge is 0.462 e. The number of rotatable bonds is 61. The van der Waals surface area contributed by atoms with Crippen molar-refractivity contribution >= 4 is 39.5 Å². The molecule has 0 aromatic carbocycles. The van der Waals surface area contributed by atoms with Crippen LogP contribution in [0.4, 0.5) is 0 Å². The second kappa shape index (κ2) is 54.2. The maximum atomic E-state index is 13.0. The fraction of sp³-hybridized carbons (Fsp3) is 0.938. The molecule has 0 amide bonds. The van der Waals surface area contributed by atoms with Gasteiger partial charge in [-0.3, -0.25) is 37.3 Å². The number of carbonyl (C=O) groups excluding carboxylic acids is 4. The molecule has 492 valence electrons. The standard InChI is InChI=1S/C64H124O17P2/c1-54(2)40-32-24-16-10-9-11-20-30-38-46-63(68)80-59(50-74-61(66)44-36-28-22-14-18-26-34-42-56(5)6)52-78-82(70,71)76-48-58(65)49-77-83(72,73)79-53-60(51-75-62(67)45-37-29-23-15-19-27-35-43-57(7)8)81-64(69)47-39-31-21-13-12-17-25-33-41-55(3)4/h54-60,65H,9-53H2,1-8H3,(H,70,71)(H,72,73)/t58?,59-,60-/m1/s1. The summed E-state index contributed by atoms with van der Waals surface area (Å²) in [4.78, 5) is 72.2. The summed E-state index contributed by atoms with van der Waals surface area (Å²) < 4.78 is 68.0. The van der Waals surface area contributed by atoms with E-state index in [1.165, 1.54) is 96.3 Å². The lowest BCUT2D eigenvalue weighted by Crippen LogP contribution is -2.30. The second-order valence-corrected chi connectivity index (χ2v) is 28.0. The summed E-state index contributed by atoms with van der Waals surface area (Å²) in [6, 6.07) is 0. The van der Waals surface area contributed by atoms with Crippen LogP contribution in [-0.4, -0.2) is 96.7 Å². The van der Waals surface area contributed by atoms with Gasteiger partial charge in [0.05, 0.1) is 26.4 Å². The summed E-state index contributed by atoms with van der Waals surface area (Å²) in [5.74, 6) is 0.723. The number of phosphoric ester groups is 2. The highest BCUT2D eigenvalue weighted by molar-refractivity contribution is 7.47. The average Bonchev–Trinajstić information content (AvgIpc) is 3.41. The van der Waals surface area contributed by atoms with Gasteiger partial charge < -0.3 is 33.8 Å². The lowest BCUT2D eigenvalue weighted by atomic mass is 10.0. The molecule has 0 aliphatic carbocycles. The molecule has 0 aliphatic heterocycles. The van der Waals surface area contributed by atoms with Crippen LogP contribution in [0, 0.1) is 23.7 Å². The van der Waals surface area contributed by atoms with E-state index in [0.29, 0.717) is 37.5 Å². The zero-order chi connectivity index (χ0) is 61.8. The third kappa shape index (κ3) is 58.8. The van der Waals surface area contributed by atoms with Crippen LogP contribution in [0.5, 0.6) is 0 Å². The van der Waals surface area contributed by atoms with Gasteiger partial charge in [0.25, 0.3) is 0 Å². The van der Waals surface area contributed by atoms with Crippen LogP contribution >= 0.6 is 15.6 Å². The number of phosphoric acid groups is 2. The van der Waals surface area contributed by atoms with E-state index in [-0.39, 0.29) is 25.7 Å². The quantitative estimate of drug-likeness (QED) is 0.0222. The first kappa shape index (κ1) is 81.1. The minimum absolute atomic E-state index is 0.103. The van der Waals surface area contributed by atoms with Crippen molar-refractivity contribution in [3.63, 3.8) is 0 Å². The monoisotopic (exact) mass is 1230 g/mol. The molecule has 83 heavy (non-hydrogen) atoms. The van der Waals surface area contributed by atoms with Crippen molar-refractivity contribution in [1.29, 1.82) is 0 Å². The van der Waals surface area contributed by atoms with Crippen LogP contribution in [0.25, 0.3) is 0 Å². The number of ether oxygens (including phenoxy) is 4. The molecule has 19 heteroatoms. The third-order valence-electron chi connectivity index (χ3n) is 14.6. The van der Waals surface area contributed by atoms with Crippen molar-refractivity contribution in [2.24, 2.45) is 23.7 Å². The maximum absolute atomic E-state index is 13.0. The van der Waals surface area contributed by atoms with Crippen LogP contribution in [0.1, 0.15) is 306 Å². The Morgan fingerprint density at radius 1 is 0.301 bits per heavy atom. The molecule has 0 rings (SSSR count). The Morgan fingerprint density at radius 3 is 0.747 bits per heavy atom.